The quantitative estimate of drug-likeness (QED) is 0.702. The molecule has 0 saturated carbocycles. The van der Waals surface area contributed by atoms with Crippen LogP contribution in [0.15, 0.2) is 59.0 Å². The van der Waals surface area contributed by atoms with Crippen LogP contribution in [0.5, 0.6) is 0 Å². The van der Waals surface area contributed by atoms with Crippen molar-refractivity contribution in [1.82, 2.24) is 5.32 Å². The molecule has 4 nitrogen and oxygen atoms in total. The second-order valence-electron chi connectivity index (χ2n) is 5.54. The molecule has 1 aromatic heterocycles. The highest BCUT2D eigenvalue weighted by atomic mass is 16.5. The molecule has 3 aromatic rings. The Morgan fingerprint density at radius 1 is 1.09 bits per heavy atom. The first-order valence-corrected chi connectivity index (χ1v) is 7.71. The largest absolute Gasteiger partial charge is 0.458 e. The fourth-order valence-corrected chi connectivity index (χ4v) is 2.64. The molecular formula is C19H21NO3. The maximum atomic E-state index is 10.3. The molecule has 4 heteroatoms. The van der Waals surface area contributed by atoms with E-state index in [1.54, 1.807) is 7.11 Å². The van der Waals surface area contributed by atoms with Gasteiger partial charge in [0.2, 0.25) is 0 Å². The fourth-order valence-electron chi connectivity index (χ4n) is 2.64. The lowest BCUT2D eigenvalue weighted by molar-refractivity contribution is 0.149. The van der Waals surface area contributed by atoms with Gasteiger partial charge in [0.15, 0.2) is 0 Å². The molecule has 0 radical (unpaired) electrons. The third-order valence-electron chi connectivity index (χ3n) is 3.84. The Bertz CT molecular complexity index is 733. The van der Waals surface area contributed by atoms with Crippen molar-refractivity contribution in [2.24, 2.45) is 0 Å². The molecule has 23 heavy (non-hydrogen) atoms. The topological polar surface area (TPSA) is 54.6 Å². The summed E-state index contributed by atoms with van der Waals surface area (Å²) >= 11 is 0. The summed E-state index contributed by atoms with van der Waals surface area (Å²) in [5, 5.41) is 14.6. The van der Waals surface area contributed by atoms with E-state index >= 15 is 0 Å². The summed E-state index contributed by atoms with van der Waals surface area (Å²) in [6, 6.07) is 17.8. The number of benzene rings is 2. The summed E-state index contributed by atoms with van der Waals surface area (Å²) in [5.74, 6) is 0.587. The molecule has 1 heterocycles. The molecule has 0 bridgehead atoms. The third-order valence-corrected chi connectivity index (χ3v) is 3.84. The number of methoxy groups -OCH3 is 1. The summed E-state index contributed by atoms with van der Waals surface area (Å²) < 4.78 is 10.9. The zero-order valence-electron chi connectivity index (χ0n) is 13.2. The predicted octanol–water partition coefficient (Wildman–Crippen LogP) is 3.40. The Morgan fingerprint density at radius 2 is 1.83 bits per heavy atom. The van der Waals surface area contributed by atoms with Crippen molar-refractivity contribution >= 4 is 11.0 Å². The zero-order valence-corrected chi connectivity index (χ0v) is 13.2. The molecule has 120 valence electrons. The Hall–Kier alpha value is -2.14. The predicted molar refractivity (Wildman–Crippen MR) is 90.0 cm³/mol. The van der Waals surface area contributed by atoms with Gasteiger partial charge in [-0.1, -0.05) is 42.5 Å². The molecule has 2 aromatic carbocycles. The first kappa shape index (κ1) is 15.7. The molecule has 0 amide bonds. The van der Waals surface area contributed by atoms with E-state index in [1.165, 1.54) is 5.56 Å². The lowest BCUT2D eigenvalue weighted by atomic mass is 10.1. The Morgan fingerprint density at radius 3 is 2.61 bits per heavy atom. The normalized spacial score (nSPS) is 12.6. The molecule has 0 aliphatic rings. The Kier molecular flexibility index (Phi) is 5.08. The molecule has 1 atom stereocenters. The van der Waals surface area contributed by atoms with Gasteiger partial charge in [-0.3, -0.25) is 0 Å². The zero-order chi connectivity index (χ0) is 16.1. The molecule has 0 fully saturated rings. The van der Waals surface area contributed by atoms with E-state index in [0.29, 0.717) is 25.5 Å². The number of aliphatic hydroxyl groups is 1. The van der Waals surface area contributed by atoms with Crippen LogP contribution in [0.4, 0.5) is 0 Å². The van der Waals surface area contributed by atoms with Gasteiger partial charge in [0.25, 0.3) is 0 Å². The SMILES string of the molecule is COCc1ccccc1CNC[C@@H](O)c1cc2ccccc2o1. The van der Waals surface area contributed by atoms with Crippen LogP contribution in [-0.4, -0.2) is 18.8 Å². The van der Waals surface area contributed by atoms with Crippen LogP contribution in [0, 0.1) is 0 Å². The van der Waals surface area contributed by atoms with Crippen LogP contribution in [0.3, 0.4) is 0 Å². The molecule has 0 saturated heterocycles. The second kappa shape index (κ2) is 7.42. The number of hydrogen-bond acceptors (Lipinski definition) is 4. The van der Waals surface area contributed by atoms with E-state index in [2.05, 4.69) is 17.4 Å². The van der Waals surface area contributed by atoms with Crippen LogP contribution in [0.25, 0.3) is 11.0 Å². The Balaban J connectivity index is 1.60. The average molecular weight is 311 g/mol. The van der Waals surface area contributed by atoms with Crippen molar-refractivity contribution in [2.45, 2.75) is 19.3 Å². The monoisotopic (exact) mass is 311 g/mol. The highest BCUT2D eigenvalue weighted by molar-refractivity contribution is 5.77. The maximum absolute atomic E-state index is 10.3. The summed E-state index contributed by atoms with van der Waals surface area (Å²) in [5.41, 5.74) is 3.12. The number of rotatable bonds is 7. The summed E-state index contributed by atoms with van der Waals surface area (Å²) in [7, 11) is 1.69. The molecule has 0 aliphatic carbocycles. The third kappa shape index (κ3) is 3.79. The van der Waals surface area contributed by atoms with Gasteiger partial charge in [0, 0.05) is 25.6 Å². The van der Waals surface area contributed by atoms with Gasteiger partial charge in [-0.15, -0.1) is 0 Å². The van der Waals surface area contributed by atoms with E-state index in [4.69, 9.17) is 9.15 Å². The van der Waals surface area contributed by atoms with Gasteiger partial charge in [-0.05, 0) is 23.3 Å². The van der Waals surface area contributed by atoms with Crippen LogP contribution in [0.2, 0.25) is 0 Å². The molecular weight excluding hydrogens is 290 g/mol. The number of ether oxygens (including phenoxy) is 1. The Labute approximate surface area is 135 Å². The molecule has 0 aliphatic heterocycles. The minimum Gasteiger partial charge on any atom is -0.458 e. The van der Waals surface area contributed by atoms with Crippen LogP contribution < -0.4 is 5.32 Å². The smallest absolute Gasteiger partial charge is 0.135 e. The van der Waals surface area contributed by atoms with Crippen molar-refractivity contribution in [1.29, 1.82) is 0 Å². The lowest BCUT2D eigenvalue weighted by Gasteiger charge is -2.12. The van der Waals surface area contributed by atoms with Crippen LogP contribution in [-0.2, 0) is 17.9 Å². The van der Waals surface area contributed by atoms with Crippen LogP contribution in [0.1, 0.15) is 23.0 Å². The molecule has 3 rings (SSSR count). The first-order chi connectivity index (χ1) is 11.3. The van der Waals surface area contributed by atoms with E-state index in [-0.39, 0.29) is 0 Å². The summed E-state index contributed by atoms with van der Waals surface area (Å²) in [4.78, 5) is 0. The van der Waals surface area contributed by atoms with Gasteiger partial charge in [-0.2, -0.15) is 0 Å². The summed E-state index contributed by atoms with van der Waals surface area (Å²) in [6.07, 6.45) is -0.669. The van der Waals surface area contributed by atoms with E-state index in [1.807, 2.05) is 42.5 Å². The van der Waals surface area contributed by atoms with E-state index in [9.17, 15) is 5.11 Å². The highest BCUT2D eigenvalue weighted by Gasteiger charge is 2.13. The van der Waals surface area contributed by atoms with Crippen molar-refractivity contribution < 1.29 is 14.3 Å². The molecule has 2 N–H and O–H groups in total. The van der Waals surface area contributed by atoms with Gasteiger partial charge < -0.3 is 19.6 Å². The van der Waals surface area contributed by atoms with E-state index < -0.39 is 6.10 Å². The number of para-hydroxylation sites is 1. The van der Waals surface area contributed by atoms with Crippen LogP contribution >= 0.6 is 0 Å². The standard InChI is InChI=1S/C19H21NO3/c1-22-13-16-8-3-2-7-15(16)11-20-12-17(21)19-10-14-6-4-5-9-18(14)23-19/h2-10,17,20-21H,11-13H2,1H3/t17-/m1/s1. The maximum Gasteiger partial charge on any atom is 0.135 e. The van der Waals surface area contributed by atoms with Gasteiger partial charge in [0.1, 0.15) is 17.4 Å². The number of nitrogens with one attached hydrogen (secondary N) is 1. The number of hydrogen-bond donors (Lipinski definition) is 2. The van der Waals surface area contributed by atoms with Crippen molar-refractivity contribution in [3.63, 3.8) is 0 Å². The first-order valence-electron chi connectivity index (χ1n) is 7.71. The summed E-state index contributed by atoms with van der Waals surface area (Å²) in [6.45, 7) is 1.70. The second-order valence-corrected chi connectivity index (χ2v) is 5.54. The number of aliphatic hydroxyl groups excluding tert-OH is 1. The lowest BCUT2D eigenvalue weighted by Crippen LogP contribution is -2.21. The van der Waals surface area contributed by atoms with Crippen molar-refractivity contribution in [3.8, 4) is 0 Å². The minimum atomic E-state index is -0.669. The fraction of sp³-hybridized carbons (Fsp3) is 0.263. The minimum absolute atomic E-state index is 0.432. The van der Waals surface area contributed by atoms with Gasteiger partial charge in [0.05, 0.1) is 6.61 Å². The average Bonchev–Trinajstić information content (AvgIpc) is 3.01. The van der Waals surface area contributed by atoms with Crippen molar-refractivity contribution in [2.75, 3.05) is 13.7 Å². The van der Waals surface area contributed by atoms with E-state index in [0.717, 1.165) is 16.5 Å². The molecule has 0 spiro atoms. The van der Waals surface area contributed by atoms with Crippen molar-refractivity contribution in [3.05, 3.63) is 71.5 Å². The highest BCUT2D eigenvalue weighted by Crippen LogP contribution is 2.23. The van der Waals surface area contributed by atoms with Gasteiger partial charge >= 0.3 is 0 Å². The van der Waals surface area contributed by atoms with Gasteiger partial charge in [-0.25, -0.2) is 0 Å². The number of fused-ring (bicyclic) bond motifs is 1. The molecule has 0 unspecified atom stereocenters. The number of furan rings is 1.